The summed E-state index contributed by atoms with van der Waals surface area (Å²) in [4.78, 5) is 17.6. The molecule has 1 saturated heterocycles. The van der Waals surface area contributed by atoms with Crippen LogP contribution in [0.15, 0.2) is 4.99 Å². The van der Waals surface area contributed by atoms with Crippen molar-refractivity contribution < 1.29 is 17.9 Å². The van der Waals surface area contributed by atoms with E-state index in [-0.39, 0.29) is 17.9 Å². The normalized spacial score (nSPS) is 16.4. The third kappa shape index (κ3) is 8.39. The van der Waals surface area contributed by atoms with Gasteiger partial charge in [0.2, 0.25) is 10.0 Å². The SMILES string of the molecule is CCS(=O)(=O)NCCCNC(=NC)NC1CN(C(=O)OC(C)(C)C)C1. The van der Waals surface area contributed by atoms with Crippen molar-refractivity contribution in [1.29, 1.82) is 0 Å². The van der Waals surface area contributed by atoms with Gasteiger partial charge in [-0.15, -0.1) is 0 Å². The lowest BCUT2D eigenvalue weighted by atomic mass is 10.1. The number of carbonyl (C=O) groups is 1. The minimum absolute atomic E-state index is 0.0828. The lowest BCUT2D eigenvalue weighted by Gasteiger charge is -2.40. The fourth-order valence-electron chi connectivity index (χ4n) is 2.06. The van der Waals surface area contributed by atoms with Crippen LogP contribution in [0.25, 0.3) is 0 Å². The number of nitrogens with one attached hydrogen (secondary N) is 3. The van der Waals surface area contributed by atoms with Gasteiger partial charge in [0.15, 0.2) is 5.96 Å². The summed E-state index contributed by atoms with van der Waals surface area (Å²) in [6, 6.07) is 0.123. The van der Waals surface area contributed by atoms with E-state index in [2.05, 4.69) is 20.3 Å². The molecule has 0 radical (unpaired) electrons. The molecule has 1 rings (SSSR count). The maximum Gasteiger partial charge on any atom is 0.410 e. The number of amides is 1. The lowest BCUT2D eigenvalue weighted by molar-refractivity contribution is 0.00701. The van der Waals surface area contributed by atoms with Gasteiger partial charge in [0.25, 0.3) is 0 Å². The quantitative estimate of drug-likeness (QED) is 0.330. The van der Waals surface area contributed by atoms with E-state index in [9.17, 15) is 13.2 Å². The number of hydrogen-bond donors (Lipinski definition) is 3. The highest BCUT2D eigenvalue weighted by molar-refractivity contribution is 7.89. The molecule has 0 bridgehead atoms. The second-order valence-corrected chi connectivity index (χ2v) is 8.97. The molecule has 10 heteroatoms. The van der Waals surface area contributed by atoms with Crippen molar-refractivity contribution in [2.45, 2.75) is 45.8 Å². The summed E-state index contributed by atoms with van der Waals surface area (Å²) >= 11 is 0. The number of sulfonamides is 1. The molecule has 25 heavy (non-hydrogen) atoms. The Morgan fingerprint density at radius 1 is 1.28 bits per heavy atom. The van der Waals surface area contributed by atoms with Gasteiger partial charge >= 0.3 is 6.09 Å². The first-order valence-corrected chi connectivity index (χ1v) is 10.1. The Hall–Kier alpha value is -1.55. The van der Waals surface area contributed by atoms with Gasteiger partial charge < -0.3 is 20.3 Å². The van der Waals surface area contributed by atoms with Gasteiger partial charge in [0, 0.05) is 33.2 Å². The molecule has 3 N–H and O–H groups in total. The summed E-state index contributed by atoms with van der Waals surface area (Å²) in [7, 11) is -1.47. The molecule has 0 spiro atoms. The molecule has 0 aliphatic carbocycles. The number of rotatable bonds is 7. The van der Waals surface area contributed by atoms with Gasteiger partial charge in [-0.05, 0) is 34.1 Å². The molecule has 1 aliphatic rings. The summed E-state index contributed by atoms with van der Waals surface area (Å²) in [6.07, 6.45) is 0.339. The highest BCUT2D eigenvalue weighted by atomic mass is 32.2. The minimum atomic E-state index is -3.14. The van der Waals surface area contributed by atoms with E-state index >= 15 is 0 Å². The van der Waals surface area contributed by atoms with E-state index in [0.717, 1.165) is 0 Å². The first-order chi connectivity index (χ1) is 11.6. The standard InChI is InChI=1S/C15H31N5O4S/c1-6-25(22,23)18-9-7-8-17-13(16-5)19-12-10-20(11-12)14(21)24-15(2,3)4/h12,18H,6-11H2,1-5H3,(H2,16,17,19). The number of aliphatic imine (C=N–C) groups is 1. The van der Waals surface area contributed by atoms with Gasteiger partial charge in [-0.1, -0.05) is 0 Å². The summed E-state index contributed by atoms with van der Waals surface area (Å²) in [5.74, 6) is 0.714. The van der Waals surface area contributed by atoms with Crippen LogP contribution in [0.3, 0.4) is 0 Å². The van der Waals surface area contributed by atoms with Gasteiger partial charge in [0.1, 0.15) is 5.60 Å². The van der Waals surface area contributed by atoms with Crippen molar-refractivity contribution in [2.75, 3.05) is 39.0 Å². The molecule has 9 nitrogen and oxygen atoms in total. The molecule has 1 amide bonds. The van der Waals surface area contributed by atoms with Gasteiger partial charge in [-0.2, -0.15) is 0 Å². The van der Waals surface area contributed by atoms with Gasteiger partial charge in [-0.25, -0.2) is 17.9 Å². The summed E-state index contributed by atoms with van der Waals surface area (Å²) in [5.41, 5.74) is -0.494. The van der Waals surface area contributed by atoms with Crippen LogP contribution in [0.2, 0.25) is 0 Å². The Kier molecular flexibility index (Phi) is 7.94. The number of hydrogen-bond acceptors (Lipinski definition) is 5. The Balaban J connectivity index is 2.21. The summed E-state index contributed by atoms with van der Waals surface area (Å²) < 4.78 is 30.4. The molecule has 0 saturated carbocycles. The van der Waals surface area contributed by atoms with Crippen LogP contribution in [0.1, 0.15) is 34.1 Å². The molecule has 146 valence electrons. The van der Waals surface area contributed by atoms with Crippen molar-refractivity contribution in [3.05, 3.63) is 0 Å². The largest absolute Gasteiger partial charge is 0.444 e. The topological polar surface area (TPSA) is 112 Å². The second kappa shape index (κ2) is 9.23. The maximum absolute atomic E-state index is 11.9. The molecular weight excluding hydrogens is 346 g/mol. The molecule has 0 unspecified atom stereocenters. The molecule has 1 aliphatic heterocycles. The van der Waals surface area contributed by atoms with E-state index in [1.54, 1.807) is 18.9 Å². The van der Waals surface area contributed by atoms with Crippen molar-refractivity contribution in [3.8, 4) is 0 Å². The van der Waals surface area contributed by atoms with Crippen molar-refractivity contribution in [3.63, 3.8) is 0 Å². The molecule has 1 heterocycles. The van der Waals surface area contributed by atoms with Crippen molar-refractivity contribution in [1.82, 2.24) is 20.3 Å². The first kappa shape index (κ1) is 21.5. The number of guanidine groups is 1. The Morgan fingerprint density at radius 2 is 1.92 bits per heavy atom. The van der Waals surface area contributed by atoms with E-state index in [1.807, 2.05) is 20.8 Å². The number of carbonyl (C=O) groups excluding carboxylic acids is 1. The zero-order valence-corrected chi connectivity index (χ0v) is 16.6. The summed E-state index contributed by atoms with van der Waals surface area (Å²) in [5, 5.41) is 6.34. The first-order valence-electron chi connectivity index (χ1n) is 8.48. The van der Waals surface area contributed by atoms with Crippen LogP contribution in [0, 0.1) is 0 Å². The van der Waals surface area contributed by atoms with Crippen molar-refractivity contribution >= 4 is 22.1 Å². The van der Waals surface area contributed by atoms with E-state index in [0.29, 0.717) is 38.6 Å². The van der Waals surface area contributed by atoms with E-state index in [1.165, 1.54) is 0 Å². The van der Waals surface area contributed by atoms with E-state index < -0.39 is 15.6 Å². The van der Waals surface area contributed by atoms with Crippen molar-refractivity contribution in [2.24, 2.45) is 4.99 Å². The second-order valence-electron chi connectivity index (χ2n) is 6.88. The van der Waals surface area contributed by atoms with E-state index in [4.69, 9.17) is 4.74 Å². The highest BCUT2D eigenvalue weighted by Crippen LogP contribution is 2.15. The highest BCUT2D eigenvalue weighted by Gasteiger charge is 2.34. The van der Waals surface area contributed by atoms with Crippen LogP contribution < -0.4 is 15.4 Å². The van der Waals surface area contributed by atoms with Crippen LogP contribution in [0.4, 0.5) is 4.79 Å². The fraction of sp³-hybridized carbons (Fsp3) is 0.867. The van der Waals surface area contributed by atoms with Crippen LogP contribution in [-0.4, -0.2) is 76.0 Å². The zero-order valence-electron chi connectivity index (χ0n) is 15.8. The zero-order chi connectivity index (χ0) is 19.1. The molecule has 0 aromatic rings. The summed E-state index contributed by atoms with van der Waals surface area (Å²) in [6.45, 7) is 9.22. The molecule has 0 atom stereocenters. The number of nitrogens with zero attached hydrogens (tertiary/aromatic N) is 2. The predicted octanol–water partition coefficient (Wildman–Crippen LogP) is 0.100. The predicted molar refractivity (Wildman–Crippen MR) is 98.2 cm³/mol. The Bertz CT molecular complexity index is 565. The monoisotopic (exact) mass is 377 g/mol. The molecule has 0 aromatic carbocycles. The molecular formula is C15H31N5O4S. The maximum atomic E-state index is 11.9. The number of likely N-dealkylation sites (tertiary alicyclic amines) is 1. The Morgan fingerprint density at radius 3 is 2.44 bits per heavy atom. The third-order valence-electron chi connectivity index (χ3n) is 3.45. The Labute approximate surface area is 150 Å². The van der Waals surface area contributed by atoms with Crippen LogP contribution in [0.5, 0.6) is 0 Å². The third-order valence-corrected chi connectivity index (χ3v) is 4.85. The average Bonchev–Trinajstić information content (AvgIpc) is 2.45. The number of ether oxygens (including phenoxy) is 1. The lowest BCUT2D eigenvalue weighted by Crippen LogP contribution is -2.63. The smallest absolute Gasteiger partial charge is 0.410 e. The van der Waals surface area contributed by atoms with Crippen LogP contribution in [-0.2, 0) is 14.8 Å². The van der Waals surface area contributed by atoms with Gasteiger partial charge in [-0.3, -0.25) is 4.99 Å². The molecule has 1 fully saturated rings. The minimum Gasteiger partial charge on any atom is -0.444 e. The van der Waals surface area contributed by atoms with Crippen LogP contribution >= 0.6 is 0 Å². The van der Waals surface area contributed by atoms with Gasteiger partial charge in [0.05, 0.1) is 11.8 Å². The molecule has 0 aromatic heterocycles. The average molecular weight is 378 g/mol. The fourth-order valence-corrected chi connectivity index (χ4v) is 2.72.